The van der Waals surface area contributed by atoms with E-state index in [1.54, 1.807) is 0 Å². The molecule has 0 bridgehead atoms. The van der Waals surface area contributed by atoms with Crippen molar-refractivity contribution < 1.29 is 19.8 Å². The van der Waals surface area contributed by atoms with Crippen LogP contribution >= 0.6 is 11.8 Å². The zero-order valence-corrected chi connectivity index (χ0v) is 10.5. The summed E-state index contributed by atoms with van der Waals surface area (Å²) < 4.78 is 0. The van der Waals surface area contributed by atoms with Gasteiger partial charge in [-0.2, -0.15) is 0 Å². The molecule has 0 spiro atoms. The largest absolute Gasteiger partial charge is 0.480 e. The molecule has 1 aromatic rings. The highest BCUT2D eigenvalue weighted by atomic mass is 32.2. The van der Waals surface area contributed by atoms with Crippen molar-refractivity contribution in [2.45, 2.75) is 11.8 Å². The van der Waals surface area contributed by atoms with Crippen molar-refractivity contribution in [3.05, 3.63) is 35.9 Å². The van der Waals surface area contributed by atoms with Crippen molar-refractivity contribution in [2.24, 2.45) is 0 Å². The van der Waals surface area contributed by atoms with Crippen molar-refractivity contribution in [3.63, 3.8) is 0 Å². The van der Waals surface area contributed by atoms with E-state index in [1.807, 2.05) is 30.3 Å². The molecule has 0 aliphatic heterocycles. The van der Waals surface area contributed by atoms with Gasteiger partial charge in [-0.3, -0.25) is 4.79 Å². The Morgan fingerprint density at radius 3 is 2.50 bits per heavy atom. The molecule has 5 nitrogen and oxygen atoms in total. The third-order valence-electron chi connectivity index (χ3n) is 2.16. The molecular weight excluding hydrogens is 254 g/mol. The van der Waals surface area contributed by atoms with Gasteiger partial charge < -0.3 is 15.5 Å². The quantitative estimate of drug-likeness (QED) is 0.670. The van der Waals surface area contributed by atoms with Crippen LogP contribution in [0.15, 0.2) is 30.3 Å². The van der Waals surface area contributed by atoms with Crippen LogP contribution in [0, 0.1) is 0 Å². The highest BCUT2D eigenvalue weighted by Gasteiger charge is 2.18. The molecule has 1 aromatic carbocycles. The van der Waals surface area contributed by atoms with Crippen LogP contribution in [0.2, 0.25) is 0 Å². The van der Waals surface area contributed by atoms with Crippen LogP contribution in [-0.2, 0) is 15.3 Å². The first kappa shape index (κ1) is 14.5. The van der Waals surface area contributed by atoms with Crippen molar-refractivity contribution in [2.75, 3.05) is 12.4 Å². The topological polar surface area (TPSA) is 86.6 Å². The van der Waals surface area contributed by atoms with Gasteiger partial charge in [-0.15, -0.1) is 11.8 Å². The fourth-order valence-corrected chi connectivity index (χ4v) is 2.06. The molecule has 6 heteroatoms. The van der Waals surface area contributed by atoms with E-state index in [1.165, 1.54) is 11.8 Å². The van der Waals surface area contributed by atoms with Gasteiger partial charge in [-0.1, -0.05) is 30.3 Å². The molecule has 1 atom stereocenters. The van der Waals surface area contributed by atoms with Crippen LogP contribution in [0.5, 0.6) is 0 Å². The lowest BCUT2D eigenvalue weighted by Crippen LogP contribution is -2.44. The molecule has 0 saturated heterocycles. The zero-order chi connectivity index (χ0) is 13.4. The van der Waals surface area contributed by atoms with Gasteiger partial charge >= 0.3 is 5.97 Å². The van der Waals surface area contributed by atoms with Crippen LogP contribution in [0.4, 0.5) is 0 Å². The Morgan fingerprint density at radius 1 is 1.28 bits per heavy atom. The van der Waals surface area contributed by atoms with E-state index in [-0.39, 0.29) is 5.75 Å². The number of carbonyl (C=O) groups excluding carboxylic acids is 1. The van der Waals surface area contributed by atoms with Gasteiger partial charge in [0.1, 0.15) is 6.04 Å². The number of carbonyl (C=O) groups is 2. The molecule has 0 radical (unpaired) electrons. The van der Waals surface area contributed by atoms with Crippen molar-refractivity contribution in [3.8, 4) is 0 Å². The fraction of sp³-hybridized carbons (Fsp3) is 0.333. The Hall–Kier alpha value is -1.53. The predicted octanol–water partition coefficient (Wildman–Crippen LogP) is 0.482. The van der Waals surface area contributed by atoms with E-state index in [2.05, 4.69) is 5.32 Å². The summed E-state index contributed by atoms with van der Waals surface area (Å²) in [6.07, 6.45) is 0. The molecule has 0 heterocycles. The maximum Gasteiger partial charge on any atom is 0.328 e. The lowest BCUT2D eigenvalue weighted by atomic mass is 10.2. The van der Waals surface area contributed by atoms with Crippen molar-refractivity contribution in [1.82, 2.24) is 5.32 Å². The van der Waals surface area contributed by atoms with E-state index in [0.717, 1.165) is 5.56 Å². The highest BCUT2D eigenvalue weighted by molar-refractivity contribution is 7.99. The summed E-state index contributed by atoms with van der Waals surface area (Å²) in [5.74, 6) is -0.777. The summed E-state index contributed by atoms with van der Waals surface area (Å²) in [6.45, 7) is -0.607. The van der Waals surface area contributed by atoms with E-state index in [9.17, 15) is 9.59 Å². The maximum atomic E-state index is 11.4. The van der Waals surface area contributed by atoms with E-state index < -0.39 is 24.5 Å². The molecule has 1 rings (SSSR count). The molecule has 1 amide bonds. The van der Waals surface area contributed by atoms with Gasteiger partial charge in [-0.05, 0) is 5.56 Å². The zero-order valence-electron chi connectivity index (χ0n) is 9.70. The SMILES string of the molecule is O=C(CSCc1ccccc1)N[C@@H](CO)C(=O)O. The highest BCUT2D eigenvalue weighted by Crippen LogP contribution is 2.11. The standard InChI is InChI=1S/C12H15NO4S/c14-6-10(12(16)17)13-11(15)8-18-7-9-4-2-1-3-5-9/h1-5,10,14H,6-8H2,(H,13,15)(H,16,17)/t10-/m0/s1. The minimum atomic E-state index is -1.24. The molecule has 0 aliphatic rings. The summed E-state index contributed by atoms with van der Waals surface area (Å²) in [6, 6.07) is 8.44. The predicted molar refractivity (Wildman–Crippen MR) is 69.3 cm³/mol. The molecule has 98 valence electrons. The second-order valence-electron chi connectivity index (χ2n) is 3.62. The first-order valence-corrected chi connectivity index (χ1v) is 6.53. The summed E-state index contributed by atoms with van der Waals surface area (Å²) in [5, 5.41) is 19.6. The number of hydrogen-bond acceptors (Lipinski definition) is 4. The summed E-state index contributed by atoms with van der Waals surface area (Å²) >= 11 is 1.39. The number of nitrogens with one attached hydrogen (secondary N) is 1. The van der Waals surface area contributed by atoms with E-state index >= 15 is 0 Å². The van der Waals surface area contributed by atoms with Crippen LogP contribution in [0.25, 0.3) is 0 Å². The number of benzene rings is 1. The van der Waals surface area contributed by atoms with E-state index in [0.29, 0.717) is 5.75 Å². The van der Waals surface area contributed by atoms with Crippen LogP contribution < -0.4 is 5.32 Å². The minimum Gasteiger partial charge on any atom is -0.480 e. The van der Waals surface area contributed by atoms with Crippen LogP contribution in [0.1, 0.15) is 5.56 Å². The van der Waals surface area contributed by atoms with Crippen molar-refractivity contribution in [1.29, 1.82) is 0 Å². The van der Waals surface area contributed by atoms with Gasteiger partial charge in [-0.25, -0.2) is 4.79 Å². The Labute approximate surface area is 109 Å². The third-order valence-corrected chi connectivity index (χ3v) is 3.16. The number of rotatable bonds is 7. The normalized spacial score (nSPS) is 11.8. The first-order chi connectivity index (χ1) is 8.63. The van der Waals surface area contributed by atoms with Crippen LogP contribution in [-0.4, -0.2) is 40.5 Å². The summed E-state index contributed by atoms with van der Waals surface area (Å²) in [7, 11) is 0. The first-order valence-electron chi connectivity index (χ1n) is 5.38. The monoisotopic (exact) mass is 269 g/mol. The minimum absolute atomic E-state index is 0.165. The number of aliphatic carboxylic acids is 1. The second-order valence-corrected chi connectivity index (χ2v) is 4.60. The number of carboxylic acids is 1. The van der Waals surface area contributed by atoms with Gasteiger partial charge in [0.25, 0.3) is 0 Å². The van der Waals surface area contributed by atoms with Crippen LogP contribution in [0.3, 0.4) is 0 Å². The lowest BCUT2D eigenvalue weighted by molar-refractivity contribution is -0.142. The average Bonchev–Trinajstić information content (AvgIpc) is 2.37. The van der Waals surface area contributed by atoms with Gasteiger partial charge in [0, 0.05) is 5.75 Å². The molecule has 0 unspecified atom stereocenters. The molecule has 0 saturated carbocycles. The van der Waals surface area contributed by atoms with E-state index in [4.69, 9.17) is 10.2 Å². The Morgan fingerprint density at radius 2 is 1.94 bits per heavy atom. The van der Waals surface area contributed by atoms with Crippen molar-refractivity contribution >= 4 is 23.6 Å². The average molecular weight is 269 g/mol. The number of amides is 1. The lowest BCUT2D eigenvalue weighted by Gasteiger charge is -2.11. The summed E-state index contributed by atoms with van der Waals surface area (Å²) in [5.41, 5.74) is 1.10. The Balaban J connectivity index is 2.27. The van der Waals surface area contributed by atoms with Gasteiger partial charge in [0.05, 0.1) is 12.4 Å². The molecule has 0 fully saturated rings. The summed E-state index contributed by atoms with van der Waals surface area (Å²) in [4.78, 5) is 22.0. The third kappa shape index (κ3) is 5.20. The molecule has 18 heavy (non-hydrogen) atoms. The number of aliphatic hydroxyl groups is 1. The molecule has 3 N–H and O–H groups in total. The second kappa shape index (κ2) is 7.73. The smallest absolute Gasteiger partial charge is 0.328 e. The van der Waals surface area contributed by atoms with Gasteiger partial charge in [0.15, 0.2) is 0 Å². The number of carboxylic acid groups (broad SMARTS) is 1. The molecular formula is C12H15NO4S. The Bertz CT molecular complexity index is 396. The fourth-order valence-electron chi connectivity index (χ4n) is 1.26. The molecule has 0 aliphatic carbocycles. The molecule has 0 aromatic heterocycles. The maximum absolute atomic E-state index is 11.4. The Kier molecular flexibility index (Phi) is 6.24. The van der Waals surface area contributed by atoms with Gasteiger partial charge in [0.2, 0.25) is 5.91 Å². The number of aliphatic hydroxyl groups excluding tert-OH is 1. The number of hydrogen-bond donors (Lipinski definition) is 3. The number of thioether (sulfide) groups is 1.